The summed E-state index contributed by atoms with van der Waals surface area (Å²) in [5.41, 5.74) is 1.73. The number of aliphatic hydroxyl groups excluding tert-OH is 1. The van der Waals surface area contributed by atoms with Crippen LogP contribution in [0.25, 0.3) is 0 Å². The number of halogens is 1. The monoisotopic (exact) mass is 304 g/mol. The molecule has 4 heteroatoms. The van der Waals surface area contributed by atoms with Crippen molar-refractivity contribution in [2.24, 2.45) is 0 Å². The predicted octanol–water partition coefficient (Wildman–Crippen LogP) is 3.78. The van der Waals surface area contributed by atoms with Crippen molar-refractivity contribution in [2.45, 2.75) is 18.9 Å². The molecule has 1 N–H and O–H groups in total. The fraction of sp³-hybridized carbons (Fsp3) is 0.294. The molecule has 0 saturated heterocycles. The van der Waals surface area contributed by atoms with E-state index in [1.807, 2.05) is 42.5 Å². The molecule has 21 heavy (non-hydrogen) atoms. The Labute approximate surface area is 129 Å². The van der Waals surface area contributed by atoms with E-state index in [9.17, 15) is 5.11 Å². The first-order valence-corrected chi connectivity index (χ1v) is 7.43. The highest BCUT2D eigenvalue weighted by Crippen LogP contribution is 2.33. The Morgan fingerprint density at radius 3 is 2.62 bits per heavy atom. The van der Waals surface area contributed by atoms with Gasteiger partial charge in [-0.2, -0.15) is 0 Å². The Morgan fingerprint density at radius 2 is 1.81 bits per heavy atom. The molecular weight excluding hydrogens is 288 g/mol. The second-order valence-corrected chi connectivity index (χ2v) is 5.48. The van der Waals surface area contributed by atoms with Gasteiger partial charge in [0, 0.05) is 17.9 Å². The topological polar surface area (TPSA) is 38.7 Å². The standard InChI is InChI=1S/C17H17ClO3/c18-14-5-2-1-4-12(14)10-15(19)13-6-7-16-17(11-13)21-9-3-8-20-16/h1-2,4-7,11,15,19H,3,8-10H2. The molecular formula is C17H17ClO3. The highest BCUT2D eigenvalue weighted by atomic mass is 35.5. The molecule has 2 aromatic carbocycles. The molecule has 0 bridgehead atoms. The zero-order valence-corrected chi connectivity index (χ0v) is 12.3. The second-order valence-electron chi connectivity index (χ2n) is 5.07. The van der Waals surface area contributed by atoms with Gasteiger partial charge in [-0.15, -0.1) is 0 Å². The average Bonchev–Trinajstić information content (AvgIpc) is 2.74. The van der Waals surface area contributed by atoms with Crippen molar-refractivity contribution < 1.29 is 14.6 Å². The van der Waals surface area contributed by atoms with E-state index in [0.717, 1.165) is 23.3 Å². The number of ether oxygens (including phenoxy) is 2. The van der Waals surface area contributed by atoms with Gasteiger partial charge in [0.2, 0.25) is 0 Å². The molecule has 0 fully saturated rings. The molecule has 0 radical (unpaired) electrons. The summed E-state index contributed by atoms with van der Waals surface area (Å²) >= 11 is 6.14. The summed E-state index contributed by atoms with van der Waals surface area (Å²) < 4.78 is 11.2. The largest absolute Gasteiger partial charge is 0.490 e. The maximum absolute atomic E-state index is 10.4. The Bertz CT molecular complexity index is 627. The number of fused-ring (bicyclic) bond motifs is 1. The van der Waals surface area contributed by atoms with E-state index in [2.05, 4.69) is 0 Å². The number of aliphatic hydroxyl groups is 1. The van der Waals surface area contributed by atoms with Crippen LogP contribution in [0.2, 0.25) is 5.02 Å². The Kier molecular flexibility index (Phi) is 4.32. The van der Waals surface area contributed by atoms with Crippen molar-refractivity contribution in [3.63, 3.8) is 0 Å². The molecule has 1 atom stereocenters. The fourth-order valence-electron chi connectivity index (χ4n) is 2.38. The average molecular weight is 305 g/mol. The lowest BCUT2D eigenvalue weighted by Gasteiger charge is -2.15. The maximum atomic E-state index is 10.4. The van der Waals surface area contributed by atoms with Crippen LogP contribution in [0, 0.1) is 0 Å². The van der Waals surface area contributed by atoms with Crippen molar-refractivity contribution >= 4 is 11.6 Å². The van der Waals surface area contributed by atoms with Crippen molar-refractivity contribution in [3.05, 3.63) is 58.6 Å². The molecule has 0 saturated carbocycles. The van der Waals surface area contributed by atoms with Crippen LogP contribution >= 0.6 is 11.6 Å². The molecule has 0 aromatic heterocycles. The molecule has 3 rings (SSSR count). The van der Waals surface area contributed by atoms with Gasteiger partial charge in [-0.1, -0.05) is 35.9 Å². The third kappa shape index (κ3) is 3.31. The van der Waals surface area contributed by atoms with Crippen LogP contribution in [-0.4, -0.2) is 18.3 Å². The Hall–Kier alpha value is -1.71. The van der Waals surface area contributed by atoms with Gasteiger partial charge in [0.25, 0.3) is 0 Å². The third-order valence-corrected chi connectivity index (χ3v) is 3.90. The van der Waals surface area contributed by atoms with E-state index < -0.39 is 6.10 Å². The van der Waals surface area contributed by atoms with Gasteiger partial charge in [-0.05, 0) is 29.3 Å². The molecule has 110 valence electrons. The summed E-state index contributed by atoms with van der Waals surface area (Å²) in [6.07, 6.45) is 0.716. The minimum Gasteiger partial charge on any atom is -0.490 e. The van der Waals surface area contributed by atoms with Gasteiger partial charge in [-0.3, -0.25) is 0 Å². The smallest absolute Gasteiger partial charge is 0.161 e. The van der Waals surface area contributed by atoms with Crippen LogP contribution < -0.4 is 9.47 Å². The molecule has 1 aliphatic rings. The number of rotatable bonds is 3. The maximum Gasteiger partial charge on any atom is 0.161 e. The van der Waals surface area contributed by atoms with E-state index >= 15 is 0 Å². The summed E-state index contributed by atoms with van der Waals surface area (Å²) in [6.45, 7) is 1.30. The van der Waals surface area contributed by atoms with Gasteiger partial charge in [0.1, 0.15) is 0 Å². The molecule has 0 amide bonds. The summed E-state index contributed by atoms with van der Waals surface area (Å²) in [5.74, 6) is 1.43. The first-order chi connectivity index (χ1) is 10.2. The molecule has 1 unspecified atom stereocenters. The second kappa shape index (κ2) is 6.37. The SMILES string of the molecule is OC(Cc1ccccc1Cl)c1ccc2c(c1)OCCCO2. The Balaban J connectivity index is 1.80. The van der Waals surface area contributed by atoms with Crippen molar-refractivity contribution in [1.82, 2.24) is 0 Å². The van der Waals surface area contributed by atoms with Crippen LogP contribution in [0.3, 0.4) is 0 Å². The molecule has 0 spiro atoms. The molecule has 1 heterocycles. The van der Waals surface area contributed by atoms with E-state index in [1.54, 1.807) is 0 Å². The minimum atomic E-state index is -0.623. The first kappa shape index (κ1) is 14.2. The van der Waals surface area contributed by atoms with Crippen LogP contribution in [-0.2, 0) is 6.42 Å². The minimum absolute atomic E-state index is 0.472. The summed E-state index contributed by atoms with van der Waals surface area (Å²) in [6, 6.07) is 13.1. The molecule has 0 aliphatic carbocycles. The lowest BCUT2D eigenvalue weighted by Crippen LogP contribution is -2.03. The van der Waals surface area contributed by atoms with E-state index in [1.165, 1.54) is 0 Å². The van der Waals surface area contributed by atoms with E-state index in [-0.39, 0.29) is 0 Å². The van der Waals surface area contributed by atoms with Crippen LogP contribution in [0.5, 0.6) is 11.5 Å². The van der Waals surface area contributed by atoms with Gasteiger partial charge < -0.3 is 14.6 Å². The lowest BCUT2D eigenvalue weighted by atomic mass is 10.0. The summed E-state index contributed by atoms with van der Waals surface area (Å²) in [7, 11) is 0. The quantitative estimate of drug-likeness (QED) is 0.938. The first-order valence-electron chi connectivity index (χ1n) is 7.05. The van der Waals surface area contributed by atoms with Crippen LogP contribution in [0.1, 0.15) is 23.7 Å². The van der Waals surface area contributed by atoms with Crippen molar-refractivity contribution in [2.75, 3.05) is 13.2 Å². The van der Waals surface area contributed by atoms with Gasteiger partial charge >= 0.3 is 0 Å². The van der Waals surface area contributed by atoms with E-state index in [0.29, 0.717) is 30.4 Å². The van der Waals surface area contributed by atoms with Crippen LogP contribution in [0.4, 0.5) is 0 Å². The van der Waals surface area contributed by atoms with Gasteiger partial charge in [-0.25, -0.2) is 0 Å². The number of hydrogen-bond donors (Lipinski definition) is 1. The zero-order valence-electron chi connectivity index (χ0n) is 11.6. The van der Waals surface area contributed by atoms with Gasteiger partial charge in [0.15, 0.2) is 11.5 Å². The highest BCUT2D eigenvalue weighted by molar-refractivity contribution is 6.31. The zero-order chi connectivity index (χ0) is 14.7. The van der Waals surface area contributed by atoms with Gasteiger partial charge in [0.05, 0.1) is 19.3 Å². The molecule has 1 aliphatic heterocycles. The van der Waals surface area contributed by atoms with Crippen LogP contribution in [0.15, 0.2) is 42.5 Å². The summed E-state index contributed by atoms with van der Waals surface area (Å²) in [5, 5.41) is 11.1. The third-order valence-electron chi connectivity index (χ3n) is 3.53. The van der Waals surface area contributed by atoms with Crippen molar-refractivity contribution in [1.29, 1.82) is 0 Å². The normalized spacial score (nSPS) is 15.3. The predicted molar refractivity (Wildman–Crippen MR) is 82.2 cm³/mol. The Morgan fingerprint density at radius 1 is 1.05 bits per heavy atom. The number of hydrogen-bond acceptors (Lipinski definition) is 3. The van der Waals surface area contributed by atoms with E-state index in [4.69, 9.17) is 21.1 Å². The van der Waals surface area contributed by atoms with Crippen molar-refractivity contribution in [3.8, 4) is 11.5 Å². The molecule has 2 aromatic rings. The highest BCUT2D eigenvalue weighted by Gasteiger charge is 2.15. The summed E-state index contributed by atoms with van der Waals surface area (Å²) in [4.78, 5) is 0. The number of benzene rings is 2. The lowest BCUT2D eigenvalue weighted by molar-refractivity contribution is 0.178. The molecule has 3 nitrogen and oxygen atoms in total. The fourth-order valence-corrected chi connectivity index (χ4v) is 2.59.